The Kier molecular flexibility index (Phi) is 5.96. The second kappa shape index (κ2) is 8.61. The number of ether oxygens (including phenoxy) is 1. The molecule has 0 spiro atoms. The molecule has 4 rings (SSSR count). The van der Waals surface area contributed by atoms with Gasteiger partial charge in [0.1, 0.15) is 12.4 Å². The van der Waals surface area contributed by atoms with Crippen LogP contribution in [0.3, 0.4) is 0 Å². The number of aromatic nitrogens is 1. The lowest BCUT2D eigenvalue weighted by Crippen LogP contribution is -2.52. The van der Waals surface area contributed by atoms with Gasteiger partial charge in [-0.15, -0.1) is 0 Å². The van der Waals surface area contributed by atoms with Gasteiger partial charge in [0.15, 0.2) is 5.69 Å². The molecule has 2 amide bonds. The maximum atomic E-state index is 12.3. The van der Waals surface area contributed by atoms with Crippen molar-refractivity contribution in [1.82, 2.24) is 20.3 Å². The van der Waals surface area contributed by atoms with Gasteiger partial charge in [-0.25, -0.2) is 0 Å². The minimum atomic E-state index is -0.285. The number of carbonyl (C=O) groups is 2. The summed E-state index contributed by atoms with van der Waals surface area (Å²) in [5.74, 6) is 1.86. The van der Waals surface area contributed by atoms with Crippen LogP contribution in [-0.2, 0) is 9.53 Å². The van der Waals surface area contributed by atoms with Crippen molar-refractivity contribution in [3.8, 4) is 0 Å². The number of hydrogen-bond acceptors (Lipinski definition) is 6. The number of nitrogens with zero attached hydrogens (tertiary/aromatic N) is 3. The average Bonchev–Trinajstić information content (AvgIpc) is 3.40. The number of likely N-dealkylation sites (tertiary alicyclic amines) is 1. The summed E-state index contributed by atoms with van der Waals surface area (Å²) in [4.78, 5) is 28.9. The number of hydrogen-bond donors (Lipinski definition) is 1. The Balaban J connectivity index is 1.21. The van der Waals surface area contributed by atoms with Crippen LogP contribution in [0.25, 0.3) is 0 Å². The summed E-state index contributed by atoms with van der Waals surface area (Å²) in [6, 6.07) is 1.60. The summed E-state index contributed by atoms with van der Waals surface area (Å²) in [5.41, 5.74) is 0.263. The molecule has 1 unspecified atom stereocenters. The van der Waals surface area contributed by atoms with E-state index >= 15 is 0 Å². The summed E-state index contributed by atoms with van der Waals surface area (Å²) in [6.07, 6.45) is 4.92. The van der Waals surface area contributed by atoms with Gasteiger partial charge in [-0.3, -0.25) is 9.59 Å². The van der Waals surface area contributed by atoms with Gasteiger partial charge in [0, 0.05) is 32.2 Å². The lowest BCUT2D eigenvalue weighted by Gasteiger charge is -2.38. The molecular formula is C20H30N4O4. The van der Waals surface area contributed by atoms with Crippen LogP contribution in [0.15, 0.2) is 10.6 Å². The van der Waals surface area contributed by atoms with Crippen LogP contribution in [0.4, 0.5) is 0 Å². The number of piperidine rings is 1. The largest absolute Gasteiger partial charge is 0.365 e. The van der Waals surface area contributed by atoms with Crippen LogP contribution in [0.2, 0.25) is 0 Å². The van der Waals surface area contributed by atoms with Crippen molar-refractivity contribution >= 4 is 11.8 Å². The van der Waals surface area contributed by atoms with Crippen molar-refractivity contribution in [2.75, 3.05) is 45.9 Å². The maximum absolute atomic E-state index is 12.3. The highest BCUT2D eigenvalue weighted by Crippen LogP contribution is 2.31. The molecule has 1 aliphatic carbocycles. The molecule has 8 nitrogen and oxygen atoms in total. The lowest BCUT2D eigenvalue weighted by atomic mass is 9.95. The Labute approximate surface area is 165 Å². The second-order valence-corrected chi connectivity index (χ2v) is 8.45. The minimum Gasteiger partial charge on any atom is -0.365 e. The first-order valence-corrected chi connectivity index (χ1v) is 10.4. The van der Waals surface area contributed by atoms with Gasteiger partial charge >= 0.3 is 0 Å². The zero-order valence-corrected chi connectivity index (χ0v) is 16.6. The topological polar surface area (TPSA) is 87.9 Å². The molecule has 3 aliphatic rings. The quantitative estimate of drug-likeness (QED) is 0.749. The highest BCUT2D eigenvalue weighted by atomic mass is 16.5. The van der Waals surface area contributed by atoms with Gasteiger partial charge < -0.3 is 24.4 Å². The molecular weight excluding hydrogens is 360 g/mol. The Hall–Kier alpha value is -1.93. The first-order valence-electron chi connectivity index (χ1n) is 10.4. The maximum Gasteiger partial charge on any atom is 0.273 e. The average molecular weight is 390 g/mol. The van der Waals surface area contributed by atoms with Crippen molar-refractivity contribution < 1.29 is 18.8 Å². The first kappa shape index (κ1) is 19.4. The smallest absolute Gasteiger partial charge is 0.273 e. The summed E-state index contributed by atoms with van der Waals surface area (Å²) in [6.45, 7) is 7.07. The summed E-state index contributed by atoms with van der Waals surface area (Å²) in [7, 11) is 0. The van der Waals surface area contributed by atoms with E-state index in [0.29, 0.717) is 24.8 Å². The van der Waals surface area contributed by atoms with E-state index in [9.17, 15) is 9.59 Å². The Morgan fingerprint density at radius 1 is 1.21 bits per heavy atom. The summed E-state index contributed by atoms with van der Waals surface area (Å²) in [5, 5.41) is 6.54. The fraction of sp³-hybridized carbons (Fsp3) is 0.750. The molecule has 8 heteroatoms. The molecule has 0 radical (unpaired) electrons. The highest BCUT2D eigenvalue weighted by molar-refractivity contribution is 5.92. The van der Waals surface area contributed by atoms with E-state index in [-0.39, 0.29) is 30.2 Å². The van der Waals surface area contributed by atoms with Gasteiger partial charge in [0.2, 0.25) is 5.91 Å². The molecule has 2 aliphatic heterocycles. The SMILES string of the molecule is Cc1cc(C(=O)NCC2CN(CC3CCN(CC4CC4)CC3)C(=O)CO2)no1. The molecule has 1 saturated carbocycles. The van der Waals surface area contributed by atoms with Crippen LogP contribution in [0, 0.1) is 18.8 Å². The number of aryl methyl sites for hydroxylation is 1. The molecule has 3 fully saturated rings. The highest BCUT2D eigenvalue weighted by Gasteiger charge is 2.31. The van der Waals surface area contributed by atoms with Crippen LogP contribution in [-0.4, -0.2) is 78.8 Å². The monoisotopic (exact) mass is 390 g/mol. The van der Waals surface area contributed by atoms with E-state index < -0.39 is 0 Å². The van der Waals surface area contributed by atoms with E-state index in [2.05, 4.69) is 15.4 Å². The van der Waals surface area contributed by atoms with Crippen LogP contribution in [0.5, 0.6) is 0 Å². The van der Waals surface area contributed by atoms with Gasteiger partial charge in [0.05, 0.1) is 6.10 Å². The third-order valence-electron chi connectivity index (χ3n) is 5.97. The second-order valence-electron chi connectivity index (χ2n) is 8.45. The molecule has 1 atom stereocenters. The molecule has 0 aromatic carbocycles. The van der Waals surface area contributed by atoms with Gasteiger partial charge in [-0.05, 0) is 57.5 Å². The van der Waals surface area contributed by atoms with Gasteiger partial charge in [0.25, 0.3) is 5.91 Å². The minimum absolute atomic E-state index is 0.0510. The summed E-state index contributed by atoms with van der Waals surface area (Å²) < 4.78 is 10.5. The summed E-state index contributed by atoms with van der Waals surface area (Å²) >= 11 is 0. The standard InChI is InChI=1S/C20H30N4O4/c1-14-8-18(22-28-14)20(26)21-9-17-12-24(19(25)13-27-17)11-16-4-6-23(7-5-16)10-15-2-3-15/h8,15-17H,2-7,9-13H2,1H3,(H,21,26). The molecule has 0 bridgehead atoms. The van der Waals surface area contributed by atoms with Crippen LogP contribution >= 0.6 is 0 Å². The lowest BCUT2D eigenvalue weighted by molar-refractivity contribution is -0.149. The van der Waals surface area contributed by atoms with E-state index in [1.54, 1.807) is 13.0 Å². The van der Waals surface area contributed by atoms with E-state index in [4.69, 9.17) is 9.26 Å². The fourth-order valence-electron chi connectivity index (χ4n) is 4.08. The Bertz CT molecular complexity index is 694. The van der Waals surface area contributed by atoms with Crippen molar-refractivity contribution in [3.63, 3.8) is 0 Å². The molecule has 3 heterocycles. The Morgan fingerprint density at radius 3 is 2.64 bits per heavy atom. The number of nitrogens with one attached hydrogen (secondary N) is 1. The van der Waals surface area contributed by atoms with Gasteiger partial charge in [-0.2, -0.15) is 0 Å². The number of rotatable bonds is 7. The van der Waals surface area contributed by atoms with Crippen LogP contribution in [0.1, 0.15) is 41.9 Å². The number of amides is 2. The Morgan fingerprint density at radius 2 is 1.96 bits per heavy atom. The van der Waals surface area contributed by atoms with E-state index in [1.807, 2.05) is 4.90 Å². The predicted molar refractivity (Wildman–Crippen MR) is 102 cm³/mol. The zero-order valence-electron chi connectivity index (χ0n) is 16.6. The molecule has 1 aromatic heterocycles. The normalized spacial score (nSPS) is 24.5. The third-order valence-corrected chi connectivity index (χ3v) is 5.97. The zero-order chi connectivity index (χ0) is 19.5. The molecule has 1 aromatic rings. The van der Waals surface area contributed by atoms with Crippen LogP contribution < -0.4 is 5.32 Å². The molecule has 2 saturated heterocycles. The van der Waals surface area contributed by atoms with Crippen molar-refractivity contribution in [1.29, 1.82) is 0 Å². The molecule has 28 heavy (non-hydrogen) atoms. The number of carbonyl (C=O) groups excluding carboxylic acids is 2. The van der Waals surface area contributed by atoms with E-state index in [1.165, 1.54) is 19.4 Å². The first-order chi connectivity index (χ1) is 13.6. The molecule has 154 valence electrons. The van der Waals surface area contributed by atoms with E-state index in [0.717, 1.165) is 38.4 Å². The van der Waals surface area contributed by atoms with Crippen molar-refractivity contribution in [3.05, 3.63) is 17.5 Å². The van der Waals surface area contributed by atoms with Crippen molar-refractivity contribution in [2.24, 2.45) is 11.8 Å². The molecule has 1 N–H and O–H groups in total. The van der Waals surface area contributed by atoms with Gasteiger partial charge in [-0.1, -0.05) is 5.16 Å². The van der Waals surface area contributed by atoms with Crippen molar-refractivity contribution in [2.45, 2.75) is 38.7 Å². The third kappa shape index (κ3) is 5.11. The fourth-order valence-corrected chi connectivity index (χ4v) is 4.08. The number of morpholine rings is 1. The predicted octanol–water partition coefficient (Wildman–Crippen LogP) is 1.06.